The third-order valence-electron chi connectivity index (χ3n) is 14.3. The summed E-state index contributed by atoms with van der Waals surface area (Å²) < 4.78 is 0. The molecule has 384 valence electrons. The average Bonchev–Trinajstić information content (AvgIpc) is 3.29. The summed E-state index contributed by atoms with van der Waals surface area (Å²) in [5, 5.41) is 22.9. The maximum Gasteiger partial charge on any atom is 2.00 e. The van der Waals surface area contributed by atoms with Gasteiger partial charge in [-0.15, -0.1) is 0 Å². The van der Waals surface area contributed by atoms with E-state index < -0.39 is 11.9 Å². The minimum atomic E-state index is -0.810. The van der Waals surface area contributed by atoms with Crippen LogP contribution in [0.1, 0.15) is 362 Å². The molecule has 0 saturated carbocycles. The average molecular weight is 928 g/mol. The summed E-state index contributed by atoms with van der Waals surface area (Å²) in [6.07, 6.45) is 67.2. The van der Waals surface area contributed by atoms with Crippen molar-refractivity contribution in [3.05, 3.63) is 0 Å². The smallest absolute Gasteiger partial charge is 0.550 e. The van der Waals surface area contributed by atoms with Crippen molar-refractivity contribution in [1.82, 2.24) is 0 Å². The summed E-state index contributed by atoms with van der Waals surface area (Å²) in [6.45, 7) is 9.08. The number of carboxylic acids is 2. The van der Waals surface area contributed by atoms with Crippen LogP contribution in [0.15, 0.2) is 0 Å². The van der Waals surface area contributed by atoms with Gasteiger partial charge < -0.3 is 19.8 Å². The Bertz CT molecular complexity index is 809. The maximum atomic E-state index is 11.4. The first kappa shape index (κ1) is 69.0. The fourth-order valence-electron chi connectivity index (χ4n) is 9.69. The molecule has 0 radical (unpaired) electrons. The van der Waals surface area contributed by atoms with Gasteiger partial charge in [0.05, 0.1) is 0 Å². The molecule has 0 aliphatic heterocycles. The van der Waals surface area contributed by atoms with Crippen LogP contribution in [0.25, 0.3) is 0 Å². The van der Waals surface area contributed by atoms with Gasteiger partial charge in [-0.1, -0.05) is 336 Å². The van der Waals surface area contributed by atoms with Crippen molar-refractivity contribution in [2.45, 2.75) is 362 Å². The van der Waals surface area contributed by atoms with E-state index in [9.17, 15) is 19.8 Å². The Kier molecular flexibility index (Phi) is 65.5. The molecule has 0 rings (SSSR count). The van der Waals surface area contributed by atoms with E-state index in [1.54, 1.807) is 0 Å². The molecule has 2 unspecified atom stereocenters. The van der Waals surface area contributed by atoms with E-state index in [1.807, 2.05) is 0 Å². The summed E-state index contributed by atoms with van der Waals surface area (Å²) in [5.74, 6) is -2.03. The van der Waals surface area contributed by atoms with Crippen molar-refractivity contribution in [3.8, 4) is 0 Å². The van der Waals surface area contributed by atoms with E-state index in [0.29, 0.717) is 0 Å². The van der Waals surface area contributed by atoms with Crippen LogP contribution in [0, 0.1) is 11.8 Å². The molecule has 0 fully saturated rings. The zero-order valence-corrected chi connectivity index (χ0v) is 46.7. The number of aliphatic carboxylic acids is 2. The van der Waals surface area contributed by atoms with Gasteiger partial charge in [-0.05, 0) is 37.5 Å². The zero-order chi connectivity index (χ0) is 47.1. The van der Waals surface area contributed by atoms with Crippen molar-refractivity contribution in [3.63, 3.8) is 0 Å². The van der Waals surface area contributed by atoms with Gasteiger partial charge in [-0.3, -0.25) is 0 Å². The SMILES string of the molecule is CCCCCCCCCCCCCCCCC(CCCCCCCCCCCC)C(=O)[O-].CCCCCCCCCCCCCCCCC(CCCCCCCCCCCC)C(=O)[O-].[Mg+2]. The molecule has 2 atom stereocenters. The fraction of sp³-hybridized carbons (Fsp3) is 0.967. The largest absolute Gasteiger partial charge is 2.00 e. The van der Waals surface area contributed by atoms with Crippen LogP contribution in [0.4, 0.5) is 0 Å². The monoisotopic (exact) mass is 927 g/mol. The maximum absolute atomic E-state index is 11.4. The van der Waals surface area contributed by atoms with Crippen molar-refractivity contribution in [2.75, 3.05) is 0 Å². The molecule has 4 nitrogen and oxygen atoms in total. The zero-order valence-electron chi connectivity index (χ0n) is 45.3. The topological polar surface area (TPSA) is 80.3 Å². The van der Waals surface area contributed by atoms with Gasteiger partial charge in [0.25, 0.3) is 0 Å². The summed E-state index contributed by atoms with van der Waals surface area (Å²) in [7, 11) is 0. The van der Waals surface area contributed by atoms with E-state index in [4.69, 9.17) is 0 Å². The van der Waals surface area contributed by atoms with Gasteiger partial charge in [0.2, 0.25) is 0 Å². The molecule has 0 saturated heterocycles. The van der Waals surface area contributed by atoms with E-state index in [1.165, 1.54) is 283 Å². The third-order valence-corrected chi connectivity index (χ3v) is 14.3. The van der Waals surface area contributed by atoms with E-state index in [0.717, 1.165) is 51.4 Å². The molecule has 0 amide bonds. The number of hydrogen-bond acceptors (Lipinski definition) is 4. The Morgan fingerprint density at radius 3 is 0.446 bits per heavy atom. The van der Waals surface area contributed by atoms with Crippen LogP contribution in [0.2, 0.25) is 0 Å². The minimum absolute atomic E-state index is 0. The third kappa shape index (κ3) is 59.8. The Balaban J connectivity index is -0.00000116. The number of carbonyl (C=O) groups excluding carboxylic acids is 2. The Hall–Kier alpha value is -0.294. The van der Waals surface area contributed by atoms with Gasteiger partial charge in [-0.25, -0.2) is 0 Å². The van der Waals surface area contributed by atoms with E-state index in [-0.39, 0.29) is 34.9 Å². The molecule has 0 spiro atoms. The Labute approximate surface area is 425 Å². The van der Waals surface area contributed by atoms with Crippen LogP contribution in [-0.4, -0.2) is 35.0 Å². The van der Waals surface area contributed by atoms with Crippen molar-refractivity contribution >= 4 is 35.0 Å². The molecule has 65 heavy (non-hydrogen) atoms. The van der Waals surface area contributed by atoms with Crippen LogP contribution >= 0.6 is 0 Å². The molecule has 0 aromatic rings. The molecule has 0 bridgehead atoms. The summed E-state index contributed by atoms with van der Waals surface area (Å²) in [4.78, 5) is 22.9. The minimum Gasteiger partial charge on any atom is -0.550 e. The first-order valence-corrected chi connectivity index (χ1v) is 29.9. The summed E-state index contributed by atoms with van der Waals surface area (Å²) >= 11 is 0. The standard InChI is InChI=1S/2C30H60O2.Mg/c2*1-3-5-7-9-11-13-15-16-17-18-20-22-24-26-28-29(30(31)32)27-25-23-21-19-14-12-10-8-6-4-2;/h2*29H,3-28H2,1-2H3,(H,31,32);/q;;+2/p-2. The van der Waals surface area contributed by atoms with E-state index in [2.05, 4.69) is 27.7 Å². The molecule has 0 aromatic carbocycles. The first-order chi connectivity index (χ1) is 31.4. The molecule has 0 aromatic heterocycles. The number of unbranched alkanes of at least 4 members (excludes halogenated alkanes) is 44. The van der Waals surface area contributed by atoms with E-state index >= 15 is 0 Å². The fourth-order valence-corrected chi connectivity index (χ4v) is 9.69. The predicted molar refractivity (Wildman–Crippen MR) is 286 cm³/mol. The number of carbonyl (C=O) groups is 2. The first-order valence-electron chi connectivity index (χ1n) is 29.9. The number of carboxylic acid groups (broad SMARTS) is 2. The number of rotatable bonds is 54. The van der Waals surface area contributed by atoms with Crippen LogP contribution in [0.3, 0.4) is 0 Å². The molecule has 0 aliphatic carbocycles. The quantitative estimate of drug-likeness (QED) is 0.0450. The number of hydrogen-bond donors (Lipinski definition) is 0. The molecular formula is C60H118MgO4. The van der Waals surface area contributed by atoms with Crippen molar-refractivity contribution < 1.29 is 19.8 Å². The van der Waals surface area contributed by atoms with Gasteiger partial charge in [0.15, 0.2) is 0 Å². The summed E-state index contributed by atoms with van der Waals surface area (Å²) in [5.41, 5.74) is 0. The summed E-state index contributed by atoms with van der Waals surface area (Å²) in [6, 6.07) is 0. The van der Waals surface area contributed by atoms with Crippen molar-refractivity contribution in [2.24, 2.45) is 11.8 Å². The normalized spacial score (nSPS) is 12.1. The Morgan fingerprint density at radius 2 is 0.338 bits per heavy atom. The Morgan fingerprint density at radius 1 is 0.231 bits per heavy atom. The molecule has 0 heterocycles. The molecule has 5 heteroatoms. The van der Waals surface area contributed by atoms with Crippen LogP contribution in [-0.2, 0) is 9.59 Å². The second kappa shape index (κ2) is 61.7. The molecule has 0 aliphatic rings. The second-order valence-electron chi connectivity index (χ2n) is 20.7. The molecule has 0 N–H and O–H groups in total. The van der Waals surface area contributed by atoms with Gasteiger partial charge in [-0.2, -0.15) is 0 Å². The van der Waals surface area contributed by atoms with Gasteiger partial charge in [0, 0.05) is 11.9 Å². The van der Waals surface area contributed by atoms with Gasteiger partial charge >= 0.3 is 23.1 Å². The molecular weight excluding hydrogens is 809 g/mol. The van der Waals surface area contributed by atoms with Gasteiger partial charge in [0.1, 0.15) is 0 Å². The van der Waals surface area contributed by atoms with Crippen LogP contribution in [0.5, 0.6) is 0 Å². The van der Waals surface area contributed by atoms with Crippen LogP contribution < -0.4 is 10.2 Å². The predicted octanol–water partition coefficient (Wildman–Crippen LogP) is 18.7. The van der Waals surface area contributed by atoms with Crippen molar-refractivity contribution in [1.29, 1.82) is 0 Å². The second-order valence-corrected chi connectivity index (χ2v) is 20.7.